The van der Waals surface area contributed by atoms with Crippen molar-refractivity contribution in [2.24, 2.45) is 0 Å². The summed E-state index contributed by atoms with van der Waals surface area (Å²) in [5, 5.41) is 2.75. The topological polar surface area (TPSA) is 29.1 Å². The summed E-state index contributed by atoms with van der Waals surface area (Å²) in [6.45, 7) is 0. The third kappa shape index (κ3) is 3.60. The molecule has 0 aliphatic heterocycles. The summed E-state index contributed by atoms with van der Waals surface area (Å²) in [5.41, 5.74) is 0.747. The van der Waals surface area contributed by atoms with Gasteiger partial charge in [-0.05, 0) is 24.3 Å². The van der Waals surface area contributed by atoms with Crippen molar-refractivity contribution < 1.29 is 9.18 Å². The lowest BCUT2D eigenvalue weighted by molar-refractivity contribution is -0.113. The van der Waals surface area contributed by atoms with Gasteiger partial charge in [-0.15, -0.1) is 11.8 Å². The van der Waals surface area contributed by atoms with Gasteiger partial charge in [-0.2, -0.15) is 0 Å². The van der Waals surface area contributed by atoms with Crippen molar-refractivity contribution >= 4 is 23.4 Å². The molecule has 0 radical (unpaired) electrons. The highest BCUT2D eigenvalue weighted by Crippen LogP contribution is 2.21. The smallest absolute Gasteiger partial charge is 0.234 e. The number of carbonyl (C=O) groups is 1. The fraction of sp³-hybridized carbons (Fsp3) is 0.0714. The number of nitrogens with one attached hydrogen (secondary N) is 1. The molecule has 0 unspecified atom stereocenters. The molecule has 1 amide bonds. The number of anilines is 1. The summed E-state index contributed by atoms with van der Waals surface area (Å²) in [5.74, 6) is -0.250. The van der Waals surface area contributed by atoms with E-state index in [0.717, 1.165) is 5.69 Å². The molecule has 0 saturated heterocycles. The van der Waals surface area contributed by atoms with Crippen molar-refractivity contribution in [2.45, 2.75) is 4.90 Å². The number of carbonyl (C=O) groups excluding carboxylic acids is 1. The molecule has 0 bridgehead atoms. The summed E-state index contributed by atoms with van der Waals surface area (Å²) in [4.78, 5) is 12.1. The highest BCUT2D eigenvalue weighted by atomic mass is 32.2. The minimum absolute atomic E-state index is 0.144. The van der Waals surface area contributed by atoms with Crippen molar-refractivity contribution in [1.29, 1.82) is 0 Å². The quantitative estimate of drug-likeness (QED) is 0.853. The molecule has 92 valence electrons. The Morgan fingerprint density at radius 2 is 1.72 bits per heavy atom. The predicted molar refractivity (Wildman–Crippen MR) is 72.2 cm³/mol. The van der Waals surface area contributed by atoms with E-state index >= 15 is 0 Å². The molecule has 0 fully saturated rings. The second-order valence-corrected chi connectivity index (χ2v) is 4.65. The van der Waals surface area contributed by atoms with E-state index in [0.29, 0.717) is 4.90 Å². The van der Waals surface area contributed by atoms with Crippen molar-refractivity contribution in [3.63, 3.8) is 0 Å². The van der Waals surface area contributed by atoms with E-state index in [2.05, 4.69) is 5.32 Å². The van der Waals surface area contributed by atoms with E-state index in [-0.39, 0.29) is 17.5 Å². The lowest BCUT2D eigenvalue weighted by Crippen LogP contribution is -2.13. The van der Waals surface area contributed by atoms with Gasteiger partial charge in [0.25, 0.3) is 0 Å². The van der Waals surface area contributed by atoms with Crippen LogP contribution in [0.4, 0.5) is 10.1 Å². The van der Waals surface area contributed by atoms with Gasteiger partial charge in [-0.3, -0.25) is 4.79 Å². The zero-order chi connectivity index (χ0) is 12.8. The monoisotopic (exact) mass is 261 g/mol. The fourth-order valence-corrected chi connectivity index (χ4v) is 2.16. The van der Waals surface area contributed by atoms with Gasteiger partial charge < -0.3 is 5.32 Å². The van der Waals surface area contributed by atoms with Crippen LogP contribution < -0.4 is 5.32 Å². The normalized spacial score (nSPS) is 10.1. The molecule has 0 spiro atoms. The highest BCUT2D eigenvalue weighted by Gasteiger charge is 2.06. The molecule has 2 aromatic rings. The zero-order valence-corrected chi connectivity index (χ0v) is 10.4. The zero-order valence-electron chi connectivity index (χ0n) is 9.60. The van der Waals surface area contributed by atoms with E-state index in [1.807, 2.05) is 30.3 Å². The van der Waals surface area contributed by atoms with Crippen LogP contribution in [0.5, 0.6) is 0 Å². The maximum atomic E-state index is 13.3. The first kappa shape index (κ1) is 12.6. The Kier molecular flexibility index (Phi) is 4.36. The molecule has 0 atom stereocenters. The first-order chi connectivity index (χ1) is 8.75. The molecule has 1 N–H and O–H groups in total. The van der Waals surface area contributed by atoms with Gasteiger partial charge in [0, 0.05) is 10.6 Å². The molecule has 0 aromatic heterocycles. The Balaban J connectivity index is 1.88. The second kappa shape index (κ2) is 6.21. The third-order valence-corrected chi connectivity index (χ3v) is 3.30. The molecule has 0 saturated carbocycles. The number of amides is 1. The van der Waals surface area contributed by atoms with Crippen molar-refractivity contribution in [1.82, 2.24) is 0 Å². The minimum atomic E-state index is -0.296. The maximum absolute atomic E-state index is 13.3. The highest BCUT2D eigenvalue weighted by molar-refractivity contribution is 8.00. The van der Waals surface area contributed by atoms with Crippen LogP contribution in [-0.2, 0) is 4.79 Å². The van der Waals surface area contributed by atoms with Crippen LogP contribution in [0.15, 0.2) is 59.5 Å². The van der Waals surface area contributed by atoms with Crippen LogP contribution in [0.1, 0.15) is 0 Å². The van der Waals surface area contributed by atoms with Crippen molar-refractivity contribution in [3.05, 3.63) is 60.4 Å². The van der Waals surface area contributed by atoms with Gasteiger partial charge in [0.2, 0.25) is 5.91 Å². The van der Waals surface area contributed by atoms with Gasteiger partial charge in [0.1, 0.15) is 5.82 Å². The second-order valence-electron chi connectivity index (χ2n) is 3.63. The first-order valence-electron chi connectivity index (χ1n) is 5.48. The van der Waals surface area contributed by atoms with Gasteiger partial charge in [-0.25, -0.2) is 4.39 Å². The van der Waals surface area contributed by atoms with Crippen LogP contribution in [0.2, 0.25) is 0 Å². The number of hydrogen-bond acceptors (Lipinski definition) is 2. The summed E-state index contributed by atoms with van der Waals surface area (Å²) < 4.78 is 13.3. The molecule has 0 heterocycles. The summed E-state index contributed by atoms with van der Waals surface area (Å²) in [7, 11) is 0. The average molecular weight is 261 g/mol. The van der Waals surface area contributed by atoms with Gasteiger partial charge in [-0.1, -0.05) is 30.3 Å². The predicted octanol–water partition coefficient (Wildman–Crippen LogP) is 3.56. The van der Waals surface area contributed by atoms with E-state index in [1.54, 1.807) is 18.2 Å². The van der Waals surface area contributed by atoms with E-state index < -0.39 is 0 Å². The van der Waals surface area contributed by atoms with Gasteiger partial charge in [0.05, 0.1) is 5.75 Å². The van der Waals surface area contributed by atoms with E-state index in [1.165, 1.54) is 17.8 Å². The molecule has 4 heteroatoms. The van der Waals surface area contributed by atoms with Crippen LogP contribution >= 0.6 is 11.8 Å². The Morgan fingerprint density at radius 3 is 2.44 bits per heavy atom. The average Bonchev–Trinajstić information content (AvgIpc) is 2.39. The SMILES string of the molecule is O=C(CSc1ccccc1F)Nc1ccccc1. The molecular formula is C14H12FNOS. The lowest BCUT2D eigenvalue weighted by atomic mass is 10.3. The van der Waals surface area contributed by atoms with Gasteiger partial charge >= 0.3 is 0 Å². The Hall–Kier alpha value is -1.81. The van der Waals surface area contributed by atoms with E-state index in [9.17, 15) is 9.18 Å². The summed E-state index contributed by atoms with van der Waals surface area (Å²) in [6, 6.07) is 15.6. The Bertz CT molecular complexity index is 530. The molecule has 0 aliphatic carbocycles. The number of para-hydroxylation sites is 1. The van der Waals surface area contributed by atoms with Crippen molar-refractivity contribution in [3.8, 4) is 0 Å². The molecule has 2 aromatic carbocycles. The Morgan fingerprint density at radius 1 is 1.06 bits per heavy atom. The lowest BCUT2D eigenvalue weighted by Gasteiger charge is -2.05. The summed E-state index contributed by atoms with van der Waals surface area (Å²) in [6.07, 6.45) is 0. The Labute approximate surface area is 109 Å². The largest absolute Gasteiger partial charge is 0.325 e. The molecule has 2 rings (SSSR count). The minimum Gasteiger partial charge on any atom is -0.325 e. The number of halogens is 1. The van der Waals surface area contributed by atoms with Crippen LogP contribution in [0.25, 0.3) is 0 Å². The number of hydrogen-bond donors (Lipinski definition) is 1. The molecule has 0 aliphatic rings. The van der Waals surface area contributed by atoms with Crippen LogP contribution in [-0.4, -0.2) is 11.7 Å². The molecule has 2 nitrogen and oxygen atoms in total. The van der Waals surface area contributed by atoms with Crippen molar-refractivity contribution in [2.75, 3.05) is 11.1 Å². The molecular weight excluding hydrogens is 249 g/mol. The molecule has 18 heavy (non-hydrogen) atoms. The number of thioether (sulfide) groups is 1. The third-order valence-electron chi connectivity index (χ3n) is 2.25. The maximum Gasteiger partial charge on any atom is 0.234 e. The van der Waals surface area contributed by atoms with E-state index in [4.69, 9.17) is 0 Å². The summed E-state index contributed by atoms with van der Waals surface area (Å²) >= 11 is 1.19. The van der Waals surface area contributed by atoms with Crippen LogP contribution in [0.3, 0.4) is 0 Å². The number of rotatable bonds is 4. The number of benzene rings is 2. The van der Waals surface area contributed by atoms with Crippen LogP contribution in [0, 0.1) is 5.82 Å². The fourth-order valence-electron chi connectivity index (χ4n) is 1.42. The van der Waals surface area contributed by atoms with Gasteiger partial charge in [0.15, 0.2) is 0 Å². The standard InChI is InChI=1S/C14H12FNOS/c15-12-8-4-5-9-13(12)18-10-14(17)16-11-6-2-1-3-7-11/h1-9H,10H2,(H,16,17). The first-order valence-corrected chi connectivity index (χ1v) is 6.46.